The van der Waals surface area contributed by atoms with Gasteiger partial charge in [0.2, 0.25) is 5.91 Å². The highest BCUT2D eigenvalue weighted by Gasteiger charge is 2.22. The number of nitrogens with one attached hydrogen (secondary N) is 2. The minimum atomic E-state index is -0.0658. The SMILES string of the molecule is O=C(Nc1cccc2cccnc12)[C@H]1CCCN1. The topological polar surface area (TPSA) is 54.0 Å². The second-order valence-corrected chi connectivity index (χ2v) is 4.52. The van der Waals surface area contributed by atoms with Crippen molar-refractivity contribution in [2.75, 3.05) is 11.9 Å². The quantitative estimate of drug-likeness (QED) is 0.844. The summed E-state index contributed by atoms with van der Waals surface area (Å²) in [6, 6.07) is 9.64. The van der Waals surface area contributed by atoms with Crippen LogP contribution in [-0.2, 0) is 4.79 Å². The molecular formula is C14H15N3O. The number of pyridine rings is 1. The van der Waals surface area contributed by atoms with E-state index in [-0.39, 0.29) is 11.9 Å². The van der Waals surface area contributed by atoms with E-state index in [1.165, 1.54) is 0 Å². The van der Waals surface area contributed by atoms with E-state index in [0.29, 0.717) is 0 Å². The van der Waals surface area contributed by atoms with Crippen LogP contribution in [0.2, 0.25) is 0 Å². The Morgan fingerprint density at radius 2 is 2.22 bits per heavy atom. The van der Waals surface area contributed by atoms with Gasteiger partial charge in [-0.05, 0) is 31.5 Å². The van der Waals surface area contributed by atoms with E-state index in [2.05, 4.69) is 15.6 Å². The molecule has 4 heteroatoms. The van der Waals surface area contributed by atoms with Gasteiger partial charge >= 0.3 is 0 Å². The lowest BCUT2D eigenvalue weighted by Gasteiger charge is -2.12. The third-order valence-corrected chi connectivity index (χ3v) is 3.27. The molecule has 1 aliphatic heterocycles. The zero-order chi connectivity index (χ0) is 12.4. The Morgan fingerprint density at radius 1 is 1.33 bits per heavy atom. The molecule has 2 N–H and O–H groups in total. The molecule has 0 bridgehead atoms. The van der Waals surface area contributed by atoms with E-state index in [9.17, 15) is 4.79 Å². The first-order valence-electron chi connectivity index (χ1n) is 6.22. The molecule has 1 amide bonds. The molecule has 0 spiro atoms. The first-order valence-corrected chi connectivity index (χ1v) is 6.22. The smallest absolute Gasteiger partial charge is 0.241 e. The highest BCUT2D eigenvalue weighted by Crippen LogP contribution is 2.21. The van der Waals surface area contributed by atoms with Crippen molar-refractivity contribution in [3.05, 3.63) is 36.5 Å². The summed E-state index contributed by atoms with van der Waals surface area (Å²) in [5.74, 6) is 0.0330. The van der Waals surface area contributed by atoms with Crippen LogP contribution >= 0.6 is 0 Å². The molecule has 0 aliphatic carbocycles. The molecule has 1 atom stereocenters. The zero-order valence-corrected chi connectivity index (χ0v) is 10.0. The molecule has 3 rings (SSSR count). The van der Waals surface area contributed by atoms with Gasteiger partial charge in [0.1, 0.15) is 0 Å². The number of rotatable bonds is 2. The molecule has 92 valence electrons. The number of para-hydroxylation sites is 1. The number of fused-ring (bicyclic) bond motifs is 1. The number of anilines is 1. The average Bonchev–Trinajstić information content (AvgIpc) is 2.93. The fourth-order valence-electron chi connectivity index (χ4n) is 2.33. The van der Waals surface area contributed by atoms with Gasteiger partial charge in [-0.15, -0.1) is 0 Å². The third kappa shape index (κ3) is 2.07. The van der Waals surface area contributed by atoms with Crippen molar-refractivity contribution in [1.29, 1.82) is 0 Å². The Kier molecular flexibility index (Phi) is 2.94. The van der Waals surface area contributed by atoms with Crippen LogP contribution in [0.5, 0.6) is 0 Å². The number of benzene rings is 1. The summed E-state index contributed by atoms with van der Waals surface area (Å²) in [7, 11) is 0. The first-order chi connectivity index (χ1) is 8.84. The molecule has 1 aromatic heterocycles. The van der Waals surface area contributed by atoms with Crippen LogP contribution in [0.25, 0.3) is 10.9 Å². The predicted octanol–water partition coefficient (Wildman–Crippen LogP) is 1.93. The fourth-order valence-corrected chi connectivity index (χ4v) is 2.33. The van der Waals surface area contributed by atoms with E-state index < -0.39 is 0 Å². The van der Waals surface area contributed by atoms with Crippen LogP contribution in [0.3, 0.4) is 0 Å². The van der Waals surface area contributed by atoms with Gasteiger partial charge in [-0.25, -0.2) is 0 Å². The number of nitrogens with zero attached hydrogens (tertiary/aromatic N) is 1. The van der Waals surface area contributed by atoms with Gasteiger partial charge in [-0.1, -0.05) is 18.2 Å². The van der Waals surface area contributed by atoms with Crippen molar-refractivity contribution in [3.8, 4) is 0 Å². The first kappa shape index (κ1) is 11.2. The summed E-state index contributed by atoms with van der Waals surface area (Å²) in [5.41, 5.74) is 1.62. The highest BCUT2D eigenvalue weighted by atomic mass is 16.2. The molecule has 2 aromatic rings. The Hall–Kier alpha value is -1.94. The van der Waals surface area contributed by atoms with Crippen molar-refractivity contribution in [1.82, 2.24) is 10.3 Å². The van der Waals surface area contributed by atoms with Crippen LogP contribution in [-0.4, -0.2) is 23.5 Å². The molecule has 1 fully saturated rings. The predicted molar refractivity (Wildman–Crippen MR) is 71.4 cm³/mol. The molecule has 1 aliphatic rings. The van der Waals surface area contributed by atoms with Crippen LogP contribution in [0.1, 0.15) is 12.8 Å². The molecule has 0 radical (unpaired) electrons. The molecule has 2 heterocycles. The Balaban J connectivity index is 1.88. The van der Waals surface area contributed by atoms with Gasteiger partial charge < -0.3 is 10.6 Å². The van der Waals surface area contributed by atoms with Gasteiger partial charge in [0.05, 0.1) is 17.2 Å². The van der Waals surface area contributed by atoms with Crippen LogP contribution in [0.4, 0.5) is 5.69 Å². The molecule has 1 saturated heterocycles. The molecule has 4 nitrogen and oxygen atoms in total. The maximum absolute atomic E-state index is 12.1. The van der Waals surface area contributed by atoms with Crippen LogP contribution in [0.15, 0.2) is 36.5 Å². The Morgan fingerprint density at radius 3 is 3.06 bits per heavy atom. The van der Waals surface area contributed by atoms with E-state index in [4.69, 9.17) is 0 Å². The molecule has 0 unspecified atom stereocenters. The summed E-state index contributed by atoms with van der Waals surface area (Å²) in [6.07, 6.45) is 3.71. The van der Waals surface area contributed by atoms with Crippen molar-refractivity contribution in [2.45, 2.75) is 18.9 Å². The summed E-state index contributed by atoms with van der Waals surface area (Å²) < 4.78 is 0. The van der Waals surface area contributed by atoms with Crippen molar-refractivity contribution < 1.29 is 4.79 Å². The standard InChI is InChI=1S/C14H15N3O/c18-14(12-7-3-8-15-12)17-11-6-1-4-10-5-2-9-16-13(10)11/h1-2,4-6,9,12,15H,3,7-8H2,(H,17,18)/t12-/m1/s1. The Labute approximate surface area is 105 Å². The number of carbonyl (C=O) groups excluding carboxylic acids is 1. The number of carbonyl (C=O) groups is 1. The lowest BCUT2D eigenvalue weighted by molar-refractivity contribution is -0.117. The van der Waals surface area contributed by atoms with Crippen LogP contribution in [0, 0.1) is 0 Å². The maximum Gasteiger partial charge on any atom is 0.241 e. The minimum Gasteiger partial charge on any atom is -0.323 e. The van der Waals surface area contributed by atoms with Gasteiger partial charge in [0.25, 0.3) is 0 Å². The van der Waals surface area contributed by atoms with E-state index in [1.807, 2.05) is 30.3 Å². The number of aromatic nitrogens is 1. The van der Waals surface area contributed by atoms with E-state index in [1.54, 1.807) is 6.20 Å². The fraction of sp³-hybridized carbons (Fsp3) is 0.286. The second kappa shape index (κ2) is 4.74. The van der Waals surface area contributed by atoms with Crippen molar-refractivity contribution >= 4 is 22.5 Å². The summed E-state index contributed by atoms with van der Waals surface area (Å²) in [4.78, 5) is 16.4. The molecule has 0 saturated carbocycles. The van der Waals surface area contributed by atoms with Gasteiger partial charge in [0, 0.05) is 11.6 Å². The summed E-state index contributed by atoms with van der Waals surface area (Å²) >= 11 is 0. The lowest BCUT2D eigenvalue weighted by Crippen LogP contribution is -2.35. The molecular weight excluding hydrogens is 226 g/mol. The largest absolute Gasteiger partial charge is 0.323 e. The van der Waals surface area contributed by atoms with Crippen LogP contribution < -0.4 is 10.6 Å². The number of hydrogen-bond acceptors (Lipinski definition) is 3. The second-order valence-electron chi connectivity index (χ2n) is 4.52. The van der Waals surface area contributed by atoms with Gasteiger partial charge in [0.15, 0.2) is 0 Å². The zero-order valence-electron chi connectivity index (χ0n) is 10.0. The van der Waals surface area contributed by atoms with E-state index in [0.717, 1.165) is 36.0 Å². The third-order valence-electron chi connectivity index (χ3n) is 3.27. The molecule has 1 aromatic carbocycles. The monoisotopic (exact) mass is 241 g/mol. The number of hydrogen-bond donors (Lipinski definition) is 2. The van der Waals surface area contributed by atoms with Gasteiger partial charge in [-0.2, -0.15) is 0 Å². The minimum absolute atomic E-state index is 0.0330. The molecule has 18 heavy (non-hydrogen) atoms. The average molecular weight is 241 g/mol. The van der Waals surface area contributed by atoms with E-state index >= 15 is 0 Å². The van der Waals surface area contributed by atoms with Gasteiger partial charge in [-0.3, -0.25) is 9.78 Å². The summed E-state index contributed by atoms with van der Waals surface area (Å²) in [6.45, 7) is 0.922. The Bertz CT molecular complexity index is 571. The summed E-state index contributed by atoms with van der Waals surface area (Å²) in [5, 5.41) is 7.19. The normalized spacial score (nSPS) is 19.0. The lowest BCUT2D eigenvalue weighted by atomic mass is 10.1. The van der Waals surface area contributed by atoms with Crippen molar-refractivity contribution in [2.24, 2.45) is 0 Å². The maximum atomic E-state index is 12.1. The van der Waals surface area contributed by atoms with Crippen molar-refractivity contribution in [3.63, 3.8) is 0 Å². The highest BCUT2D eigenvalue weighted by molar-refractivity contribution is 6.02. The number of amides is 1.